The summed E-state index contributed by atoms with van der Waals surface area (Å²) in [5.74, 6) is -1.03. The van der Waals surface area contributed by atoms with E-state index < -0.39 is 5.91 Å². The van der Waals surface area contributed by atoms with Crippen molar-refractivity contribution in [3.05, 3.63) is 34.5 Å². The molecule has 2 N–H and O–H groups in total. The number of halogens is 1. The molecule has 0 saturated heterocycles. The van der Waals surface area contributed by atoms with Crippen LogP contribution in [0, 0.1) is 11.7 Å². The smallest absolute Gasteiger partial charge is 0.280 e. The first-order valence-electron chi connectivity index (χ1n) is 6.91. The Kier molecular flexibility index (Phi) is 4.08. The summed E-state index contributed by atoms with van der Waals surface area (Å²) in [6.45, 7) is 0.125. The number of hydrogen-bond acceptors (Lipinski definition) is 4. The van der Waals surface area contributed by atoms with Gasteiger partial charge < -0.3 is 4.74 Å². The number of ether oxygens (including phenoxy) is 1. The van der Waals surface area contributed by atoms with Crippen molar-refractivity contribution in [2.24, 2.45) is 5.92 Å². The minimum Gasteiger partial charge on any atom is -0.380 e. The van der Waals surface area contributed by atoms with Crippen molar-refractivity contribution >= 4 is 33.2 Å². The van der Waals surface area contributed by atoms with E-state index in [1.807, 2.05) is 0 Å². The minimum absolute atomic E-state index is 0.00130. The molecule has 2 amide bonds. The quantitative estimate of drug-likeness (QED) is 0.849. The number of benzene rings is 1. The Hall–Kier alpha value is -1.99. The largest absolute Gasteiger partial charge is 0.380 e. The zero-order valence-electron chi connectivity index (χ0n) is 11.9. The number of fused-ring (bicyclic) bond motifs is 1. The zero-order valence-corrected chi connectivity index (χ0v) is 12.8. The van der Waals surface area contributed by atoms with Crippen molar-refractivity contribution in [3.8, 4) is 0 Å². The van der Waals surface area contributed by atoms with Crippen LogP contribution in [-0.4, -0.2) is 18.9 Å². The van der Waals surface area contributed by atoms with Crippen LogP contribution in [0.25, 0.3) is 10.1 Å². The van der Waals surface area contributed by atoms with E-state index in [1.54, 1.807) is 12.1 Å². The van der Waals surface area contributed by atoms with Gasteiger partial charge in [-0.1, -0.05) is 6.07 Å². The molecule has 7 heteroatoms. The molecule has 116 valence electrons. The first-order valence-corrected chi connectivity index (χ1v) is 7.72. The summed E-state index contributed by atoms with van der Waals surface area (Å²) in [6, 6.07) is 4.70. The lowest BCUT2D eigenvalue weighted by Crippen LogP contribution is -2.42. The Morgan fingerprint density at radius 2 is 2.14 bits per heavy atom. The van der Waals surface area contributed by atoms with Gasteiger partial charge in [0.25, 0.3) is 5.91 Å². The average molecular weight is 322 g/mol. The van der Waals surface area contributed by atoms with E-state index in [2.05, 4.69) is 10.9 Å². The lowest BCUT2D eigenvalue weighted by molar-refractivity contribution is -0.123. The summed E-state index contributed by atoms with van der Waals surface area (Å²) >= 11 is 1.18. The summed E-state index contributed by atoms with van der Waals surface area (Å²) in [5.41, 5.74) is 5.30. The lowest BCUT2D eigenvalue weighted by Gasteiger charge is -2.07. The van der Waals surface area contributed by atoms with Crippen LogP contribution in [-0.2, 0) is 16.1 Å². The summed E-state index contributed by atoms with van der Waals surface area (Å²) in [6.07, 6.45) is 1.70. The van der Waals surface area contributed by atoms with E-state index in [9.17, 15) is 14.0 Å². The van der Waals surface area contributed by atoms with E-state index >= 15 is 0 Å². The maximum absolute atomic E-state index is 14.0. The summed E-state index contributed by atoms with van der Waals surface area (Å²) < 4.78 is 19.8. The second-order valence-electron chi connectivity index (χ2n) is 5.17. The van der Waals surface area contributed by atoms with Crippen molar-refractivity contribution in [3.63, 3.8) is 0 Å². The van der Waals surface area contributed by atoms with Crippen LogP contribution < -0.4 is 10.9 Å². The molecule has 1 saturated carbocycles. The number of carbonyl (C=O) groups is 2. The summed E-state index contributed by atoms with van der Waals surface area (Å²) in [4.78, 5) is 24.2. The van der Waals surface area contributed by atoms with E-state index in [0.29, 0.717) is 20.5 Å². The fourth-order valence-electron chi connectivity index (χ4n) is 2.26. The fourth-order valence-corrected chi connectivity index (χ4v) is 3.37. The first-order chi connectivity index (χ1) is 10.6. The highest BCUT2D eigenvalue weighted by molar-refractivity contribution is 7.21. The normalized spacial score (nSPS) is 14.1. The third-order valence-corrected chi connectivity index (χ3v) is 4.70. The molecule has 0 aliphatic heterocycles. The molecular formula is C15H15FN2O3S. The second kappa shape index (κ2) is 6.02. The van der Waals surface area contributed by atoms with Gasteiger partial charge in [0.15, 0.2) is 0 Å². The Morgan fingerprint density at radius 3 is 2.82 bits per heavy atom. The number of rotatable bonds is 4. The van der Waals surface area contributed by atoms with E-state index in [4.69, 9.17) is 4.74 Å². The molecular weight excluding hydrogens is 307 g/mol. The first kappa shape index (κ1) is 14.9. The van der Waals surface area contributed by atoms with Gasteiger partial charge in [-0.25, -0.2) is 4.39 Å². The van der Waals surface area contributed by atoms with Crippen LogP contribution in [0.4, 0.5) is 4.39 Å². The Morgan fingerprint density at radius 1 is 1.36 bits per heavy atom. The standard InChI is InChI=1S/C15H15FN2O3S/c1-21-7-9-12-10(16)3-2-4-11(12)22-13(9)15(20)18-17-14(19)8-5-6-8/h2-4,8H,5-7H2,1H3,(H,17,19)(H,18,20). The molecule has 0 bridgehead atoms. The molecule has 0 spiro atoms. The highest BCUT2D eigenvalue weighted by atomic mass is 32.1. The van der Waals surface area contributed by atoms with Crippen molar-refractivity contribution in [1.29, 1.82) is 0 Å². The summed E-state index contributed by atoms with van der Waals surface area (Å²) in [7, 11) is 1.49. The van der Waals surface area contributed by atoms with Crippen LogP contribution in [0.2, 0.25) is 0 Å². The molecule has 3 rings (SSSR count). The topological polar surface area (TPSA) is 67.4 Å². The van der Waals surface area contributed by atoms with Gasteiger partial charge in [0.2, 0.25) is 5.91 Å². The molecule has 2 aromatic rings. The predicted octanol–water partition coefficient (Wildman–Crippen LogP) is 2.36. The maximum atomic E-state index is 14.0. The monoisotopic (exact) mass is 322 g/mol. The molecule has 0 radical (unpaired) electrons. The number of hydrazine groups is 1. The van der Waals surface area contributed by atoms with Gasteiger partial charge in [-0.3, -0.25) is 20.4 Å². The molecule has 1 aliphatic rings. The number of methoxy groups -OCH3 is 1. The van der Waals surface area contributed by atoms with Gasteiger partial charge in [0, 0.05) is 28.7 Å². The molecule has 1 aliphatic carbocycles. The molecule has 1 aromatic heterocycles. The van der Waals surface area contributed by atoms with Gasteiger partial charge in [0.05, 0.1) is 6.61 Å². The third-order valence-electron chi connectivity index (χ3n) is 3.51. The number of nitrogens with one attached hydrogen (secondary N) is 2. The van der Waals surface area contributed by atoms with E-state index in [-0.39, 0.29) is 24.2 Å². The second-order valence-corrected chi connectivity index (χ2v) is 6.23. The number of thiophene rings is 1. The van der Waals surface area contributed by atoms with Crippen LogP contribution in [0.3, 0.4) is 0 Å². The highest BCUT2D eigenvalue weighted by Crippen LogP contribution is 2.33. The third kappa shape index (κ3) is 2.82. The molecule has 22 heavy (non-hydrogen) atoms. The fraction of sp³-hybridized carbons (Fsp3) is 0.333. The predicted molar refractivity (Wildman–Crippen MR) is 80.8 cm³/mol. The highest BCUT2D eigenvalue weighted by Gasteiger charge is 2.30. The van der Waals surface area contributed by atoms with Crippen molar-refractivity contribution in [2.75, 3.05) is 7.11 Å². The SMILES string of the molecule is COCc1c(C(=O)NNC(=O)C2CC2)sc2cccc(F)c12. The molecule has 5 nitrogen and oxygen atoms in total. The van der Waals surface area contributed by atoms with Crippen LogP contribution in [0.15, 0.2) is 18.2 Å². The molecule has 0 atom stereocenters. The van der Waals surface area contributed by atoms with Gasteiger partial charge in [-0.2, -0.15) is 0 Å². The molecule has 0 unspecified atom stereocenters. The lowest BCUT2D eigenvalue weighted by atomic mass is 10.1. The molecule has 1 fully saturated rings. The molecule has 1 heterocycles. The van der Waals surface area contributed by atoms with Crippen molar-refractivity contribution in [2.45, 2.75) is 19.4 Å². The summed E-state index contributed by atoms with van der Waals surface area (Å²) in [5, 5.41) is 0.396. The van der Waals surface area contributed by atoms with Crippen LogP contribution >= 0.6 is 11.3 Å². The molecule has 1 aromatic carbocycles. The number of hydrogen-bond donors (Lipinski definition) is 2. The van der Waals surface area contributed by atoms with Gasteiger partial charge in [0.1, 0.15) is 10.7 Å². The Balaban J connectivity index is 1.88. The number of carbonyl (C=O) groups excluding carboxylic acids is 2. The minimum atomic E-state index is -0.457. The van der Waals surface area contributed by atoms with Crippen LogP contribution in [0.1, 0.15) is 28.1 Å². The van der Waals surface area contributed by atoms with Gasteiger partial charge in [-0.15, -0.1) is 11.3 Å². The Labute approximate surface area is 130 Å². The Bertz CT molecular complexity index is 740. The zero-order chi connectivity index (χ0) is 15.7. The maximum Gasteiger partial charge on any atom is 0.280 e. The van der Waals surface area contributed by atoms with E-state index in [0.717, 1.165) is 12.8 Å². The van der Waals surface area contributed by atoms with Gasteiger partial charge >= 0.3 is 0 Å². The number of amides is 2. The van der Waals surface area contributed by atoms with Crippen molar-refractivity contribution < 1.29 is 18.7 Å². The average Bonchev–Trinajstić information content (AvgIpc) is 3.28. The van der Waals surface area contributed by atoms with Crippen molar-refractivity contribution in [1.82, 2.24) is 10.9 Å². The van der Waals surface area contributed by atoms with Crippen LogP contribution in [0.5, 0.6) is 0 Å². The van der Waals surface area contributed by atoms with E-state index in [1.165, 1.54) is 24.5 Å². The van der Waals surface area contributed by atoms with Gasteiger partial charge in [-0.05, 0) is 25.0 Å².